The number of methoxy groups -OCH3 is 1. The maximum absolute atomic E-state index is 11.6. The summed E-state index contributed by atoms with van der Waals surface area (Å²) in [5, 5.41) is 19.6. The minimum absolute atomic E-state index is 0.195. The first-order chi connectivity index (χ1) is 14.6. The van der Waals surface area contributed by atoms with Crippen LogP contribution >= 0.6 is 0 Å². The van der Waals surface area contributed by atoms with Crippen LogP contribution in [0.3, 0.4) is 0 Å². The summed E-state index contributed by atoms with van der Waals surface area (Å²) in [7, 11) is 1.39. The Balaban J connectivity index is 1.37. The Morgan fingerprint density at radius 2 is 2.03 bits per heavy atom. The maximum atomic E-state index is 11.6. The number of carbonyl (C=O) groups excluding carboxylic acids is 1. The second-order valence-electron chi connectivity index (χ2n) is 7.40. The molecule has 1 atom stereocenters. The number of H-pyrrole nitrogens is 1. The molecule has 1 fully saturated rings. The van der Waals surface area contributed by atoms with E-state index in [1.165, 1.54) is 7.11 Å². The van der Waals surface area contributed by atoms with Crippen LogP contribution in [-0.4, -0.2) is 83.7 Å². The van der Waals surface area contributed by atoms with Crippen molar-refractivity contribution in [2.24, 2.45) is 0 Å². The fourth-order valence-corrected chi connectivity index (χ4v) is 3.79. The highest BCUT2D eigenvalue weighted by Gasteiger charge is 2.23. The number of amides is 1. The summed E-state index contributed by atoms with van der Waals surface area (Å²) in [6.07, 6.45) is 2.71. The van der Waals surface area contributed by atoms with Gasteiger partial charge in [0, 0.05) is 44.5 Å². The van der Waals surface area contributed by atoms with E-state index in [2.05, 4.69) is 21.2 Å². The fourth-order valence-electron chi connectivity index (χ4n) is 3.79. The maximum Gasteiger partial charge on any atom is 0.409 e. The molecule has 0 spiro atoms. The summed E-state index contributed by atoms with van der Waals surface area (Å²) in [6, 6.07) is 12.1. The average Bonchev–Trinajstić information content (AvgIpc) is 3.32. The number of aliphatic hydroxyl groups excluding tert-OH is 1. The van der Waals surface area contributed by atoms with Crippen molar-refractivity contribution in [3.63, 3.8) is 0 Å². The summed E-state index contributed by atoms with van der Waals surface area (Å²) in [5.74, 6) is 0.708. The largest absolute Gasteiger partial charge is 0.491 e. The second-order valence-corrected chi connectivity index (χ2v) is 7.40. The van der Waals surface area contributed by atoms with Crippen LogP contribution in [0, 0.1) is 0 Å². The molecule has 0 bridgehead atoms. The van der Waals surface area contributed by atoms with Gasteiger partial charge in [0.15, 0.2) is 0 Å². The Labute approximate surface area is 175 Å². The zero-order chi connectivity index (χ0) is 20.9. The molecule has 8 nitrogen and oxygen atoms in total. The molecule has 0 aliphatic carbocycles. The number of nitrogens with zero attached hydrogens (tertiary/aromatic N) is 3. The van der Waals surface area contributed by atoms with Gasteiger partial charge in [0.1, 0.15) is 18.5 Å². The molecule has 3 aromatic rings. The molecular weight excluding hydrogens is 384 g/mol. The van der Waals surface area contributed by atoms with Gasteiger partial charge in [0.25, 0.3) is 0 Å². The van der Waals surface area contributed by atoms with Gasteiger partial charge in [0.05, 0.1) is 13.3 Å². The topological polar surface area (TPSA) is 90.9 Å². The van der Waals surface area contributed by atoms with Gasteiger partial charge in [0.2, 0.25) is 0 Å². The average molecular weight is 410 g/mol. The highest BCUT2D eigenvalue weighted by molar-refractivity contribution is 5.97. The van der Waals surface area contributed by atoms with Crippen LogP contribution in [0.4, 0.5) is 4.79 Å². The number of benzene rings is 2. The van der Waals surface area contributed by atoms with Crippen molar-refractivity contribution in [1.82, 2.24) is 20.0 Å². The van der Waals surface area contributed by atoms with E-state index in [1.54, 1.807) is 11.1 Å². The van der Waals surface area contributed by atoms with Crippen LogP contribution in [-0.2, 0) is 4.74 Å². The molecule has 30 heavy (non-hydrogen) atoms. The zero-order valence-electron chi connectivity index (χ0n) is 17.0. The number of nitrogens with one attached hydrogen (secondary N) is 1. The SMILES string of the molecule is COC(=O)N1CCN(CC(O)COc2cc(-c3cn[nH]c3)c3ccccc3c2)CC1. The summed E-state index contributed by atoms with van der Waals surface area (Å²) >= 11 is 0. The monoisotopic (exact) mass is 410 g/mol. The Kier molecular flexibility index (Phi) is 6.15. The summed E-state index contributed by atoms with van der Waals surface area (Å²) < 4.78 is 10.7. The summed E-state index contributed by atoms with van der Waals surface area (Å²) in [4.78, 5) is 15.4. The van der Waals surface area contributed by atoms with Crippen molar-refractivity contribution >= 4 is 16.9 Å². The predicted molar refractivity (Wildman–Crippen MR) is 113 cm³/mol. The van der Waals surface area contributed by atoms with Gasteiger partial charge >= 0.3 is 6.09 Å². The standard InChI is InChI=1S/C22H26N4O4/c1-29-22(28)26-8-6-25(7-9-26)14-18(27)15-30-19-10-16-4-2-3-5-20(16)21(11-19)17-12-23-24-13-17/h2-5,10-13,18,27H,6-9,14-15H2,1H3,(H,23,24). The first kappa shape index (κ1) is 20.2. The molecule has 1 aromatic heterocycles. The van der Waals surface area contributed by atoms with E-state index in [4.69, 9.17) is 9.47 Å². The molecule has 2 N–H and O–H groups in total. The smallest absolute Gasteiger partial charge is 0.409 e. The van der Waals surface area contributed by atoms with Crippen LogP contribution in [0.1, 0.15) is 0 Å². The number of hydrogen-bond acceptors (Lipinski definition) is 6. The van der Waals surface area contributed by atoms with Crippen molar-refractivity contribution < 1.29 is 19.4 Å². The van der Waals surface area contributed by atoms with Gasteiger partial charge in [-0.05, 0) is 28.5 Å². The normalized spacial score (nSPS) is 15.9. The van der Waals surface area contributed by atoms with E-state index in [0.29, 0.717) is 38.5 Å². The number of carbonyl (C=O) groups is 1. The molecule has 0 radical (unpaired) electrons. The first-order valence-electron chi connectivity index (χ1n) is 10.0. The van der Waals surface area contributed by atoms with Gasteiger partial charge < -0.3 is 19.5 Å². The Bertz CT molecular complexity index is 984. The lowest BCUT2D eigenvalue weighted by Crippen LogP contribution is -2.50. The van der Waals surface area contributed by atoms with E-state index in [-0.39, 0.29) is 12.7 Å². The van der Waals surface area contributed by atoms with Gasteiger partial charge in [-0.25, -0.2) is 4.79 Å². The van der Waals surface area contributed by atoms with Crippen molar-refractivity contribution in [1.29, 1.82) is 0 Å². The van der Waals surface area contributed by atoms with Crippen LogP contribution in [0.2, 0.25) is 0 Å². The second kappa shape index (κ2) is 9.15. The van der Waals surface area contributed by atoms with Gasteiger partial charge in [-0.2, -0.15) is 5.10 Å². The molecule has 1 saturated heterocycles. The molecule has 1 unspecified atom stereocenters. The highest BCUT2D eigenvalue weighted by Crippen LogP contribution is 2.32. The van der Waals surface area contributed by atoms with Crippen LogP contribution in [0.5, 0.6) is 5.75 Å². The van der Waals surface area contributed by atoms with Crippen LogP contribution < -0.4 is 4.74 Å². The summed E-state index contributed by atoms with van der Waals surface area (Å²) in [5.41, 5.74) is 2.02. The number of ether oxygens (including phenoxy) is 2. The number of aromatic nitrogens is 2. The number of aliphatic hydroxyl groups is 1. The zero-order valence-corrected chi connectivity index (χ0v) is 17.0. The molecule has 1 aliphatic rings. The third-order valence-electron chi connectivity index (χ3n) is 5.36. The number of rotatable bonds is 6. The third kappa shape index (κ3) is 4.55. The third-order valence-corrected chi connectivity index (χ3v) is 5.36. The van der Waals surface area contributed by atoms with Crippen LogP contribution in [0.15, 0.2) is 48.8 Å². The molecule has 158 valence electrons. The minimum Gasteiger partial charge on any atom is -0.491 e. The predicted octanol–water partition coefficient (Wildman–Crippen LogP) is 2.35. The molecule has 1 amide bonds. The lowest BCUT2D eigenvalue weighted by atomic mass is 10.00. The lowest BCUT2D eigenvalue weighted by molar-refractivity contribution is 0.0436. The highest BCUT2D eigenvalue weighted by atomic mass is 16.5. The van der Waals surface area contributed by atoms with Crippen molar-refractivity contribution in [3.05, 3.63) is 48.8 Å². The van der Waals surface area contributed by atoms with Gasteiger partial charge in [-0.15, -0.1) is 0 Å². The number of β-amino-alcohol motifs (C(OH)–C–C–N with tert-alkyl or cyclic N) is 1. The molecule has 1 aliphatic heterocycles. The number of aromatic amines is 1. The number of piperazine rings is 1. The fraction of sp³-hybridized carbons (Fsp3) is 0.364. The van der Waals surface area contributed by atoms with E-state index < -0.39 is 6.10 Å². The van der Waals surface area contributed by atoms with Crippen molar-refractivity contribution in [2.45, 2.75) is 6.10 Å². The van der Waals surface area contributed by atoms with E-state index >= 15 is 0 Å². The van der Waals surface area contributed by atoms with Gasteiger partial charge in [-0.3, -0.25) is 10.00 Å². The van der Waals surface area contributed by atoms with Crippen molar-refractivity contribution in [2.75, 3.05) is 46.4 Å². The lowest BCUT2D eigenvalue weighted by Gasteiger charge is -2.34. The van der Waals surface area contributed by atoms with E-state index in [0.717, 1.165) is 21.9 Å². The molecule has 0 saturated carbocycles. The Morgan fingerprint density at radius 1 is 1.23 bits per heavy atom. The Hall–Kier alpha value is -3.10. The number of fused-ring (bicyclic) bond motifs is 1. The first-order valence-corrected chi connectivity index (χ1v) is 10.0. The van der Waals surface area contributed by atoms with E-state index in [9.17, 15) is 9.90 Å². The molecule has 2 heterocycles. The molecule has 8 heteroatoms. The summed E-state index contributed by atoms with van der Waals surface area (Å²) in [6.45, 7) is 3.29. The van der Waals surface area contributed by atoms with E-state index in [1.807, 2.05) is 36.5 Å². The molecular formula is C22H26N4O4. The molecule has 4 rings (SSSR count). The Morgan fingerprint density at radius 3 is 2.77 bits per heavy atom. The molecule has 2 aromatic carbocycles. The minimum atomic E-state index is -0.626. The van der Waals surface area contributed by atoms with Crippen molar-refractivity contribution in [3.8, 4) is 16.9 Å². The van der Waals surface area contributed by atoms with Gasteiger partial charge in [-0.1, -0.05) is 24.3 Å². The number of hydrogen-bond donors (Lipinski definition) is 2. The quantitative estimate of drug-likeness (QED) is 0.648. The van der Waals surface area contributed by atoms with Crippen LogP contribution in [0.25, 0.3) is 21.9 Å².